The van der Waals surface area contributed by atoms with Crippen molar-refractivity contribution in [1.82, 2.24) is 30.6 Å². The second-order valence-electron chi connectivity index (χ2n) is 33.0. The van der Waals surface area contributed by atoms with Gasteiger partial charge in [-0.2, -0.15) is 13.0 Å². The lowest BCUT2D eigenvalue weighted by Crippen LogP contribution is -2.34. The highest BCUT2D eigenvalue weighted by Gasteiger charge is 2.46. The van der Waals surface area contributed by atoms with E-state index in [-0.39, 0.29) is 73.6 Å². The molecule has 1 unspecified atom stereocenters. The third-order valence-electron chi connectivity index (χ3n) is 24.6. The van der Waals surface area contributed by atoms with Crippen molar-refractivity contribution in [3.05, 3.63) is 229 Å². The molecule has 6 aliphatic rings. The lowest BCUT2D eigenvalue weighted by atomic mass is 9.78. The molecule has 0 saturated carbocycles. The Labute approximate surface area is 681 Å². The number of ketones is 1. The van der Waals surface area contributed by atoms with Gasteiger partial charge < -0.3 is 34.8 Å². The second kappa shape index (κ2) is 34.1. The largest absolute Gasteiger partial charge is 0.748 e. The molecule has 5 N–H and O–H groups in total. The molecule has 0 saturated heterocycles. The molecule has 4 aliphatic heterocycles. The molecule has 14 rings (SSSR count). The Kier molecular flexibility index (Phi) is 24.4. The Morgan fingerprint density at radius 2 is 1.49 bits per heavy atom. The van der Waals surface area contributed by atoms with Crippen LogP contribution in [0.4, 0.5) is 11.4 Å². The van der Waals surface area contributed by atoms with E-state index >= 15 is 0 Å². The molecule has 115 heavy (non-hydrogen) atoms. The average Bonchev–Trinajstić information content (AvgIpc) is 1.58. The lowest BCUT2D eigenvalue weighted by molar-refractivity contribution is -0.438. The molecule has 5 aromatic carbocycles. The van der Waals surface area contributed by atoms with E-state index in [1.54, 1.807) is 17.8 Å². The lowest BCUT2D eigenvalue weighted by Gasteiger charge is -2.28. The minimum Gasteiger partial charge on any atom is -0.748 e. The first kappa shape index (κ1) is 82.2. The fraction of sp³-hybridized carbons (Fsp3) is 0.404. The number of benzene rings is 5. The van der Waals surface area contributed by atoms with E-state index in [0.717, 1.165) is 188 Å². The Hall–Kier alpha value is -9.35. The number of carbonyl (C=O) groups excluding carboxylic acids is 3. The van der Waals surface area contributed by atoms with E-state index in [4.69, 9.17) is 14.7 Å². The highest BCUT2D eigenvalue weighted by molar-refractivity contribution is 8.03. The average molecular weight is 1610 g/mol. The van der Waals surface area contributed by atoms with Gasteiger partial charge in [0.25, 0.3) is 16.0 Å². The number of rotatable bonds is 30. The number of thioether (sulfide) groups is 1. The van der Waals surface area contributed by atoms with Crippen LogP contribution in [-0.2, 0) is 47.0 Å². The van der Waals surface area contributed by atoms with E-state index in [2.05, 4.69) is 202 Å². The standard InChI is InChI=1S/C94H108N8O10S3/c1-12-14-15-22-49-112-61(7)85-59(5)75-54-74-58(4)69(89(99-74)72-53-81(103)86-60(6)76(100-90(72)86)55-77-68(13-2)57(3)73(97-77)56-78(85)98-75)39-44-84(104)95-45-46-96-92(105)66-31-26-32-67(52-66)113-91-64(37-42-82-93(8,9)87-70-33-18-16-27-62(70)35-40-79(87)101(82)47-20-23-50-114(106,107)108)29-25-30-65(91)38-43-83-94(10,11)88-71-34-19-17-28-63(71)36-41-80(88)102(83)48-21-24-51-115(109,110)111/h16-19,26-28,31-38,40-43,52,54-56,58,61,69H,12-15,20-25,29-30,39,44-51,53H2,1-11H3,(H5-,95,96,97,98,99,100,103,104,105,106,107,108,109,110,111)/t58-,61?,69-/m0/s1. The van der Waals surface area contributed by atoms with Crippen LogP contribution >= 0.6 is 11.8 Å². The molecule has 0 radical (unpaired) electrons. The Morgan fingerprint density at radius 1 is 0.765 bits per heavy atom. The van der Waals surface area contributed by atoms with Crippen molar-refractivity contribution in [2.75, 3.05) is 49.2 Å². The Balaban J connectivity index is 0.734. The minimum atomic E-state index is -4.40. The summed E-state index contributed by atoms with van der Waals surface area (Å²) >= 11 is 1.61. The molecule has 0 fully saturated rings. The zero-order valence-electron chi connectivity index (χ0n) is 68.2. The van der Waals surface area contributed by atoms with Crippen molar-refractivity contribution >= 4 is 121 Å². The van der Waals surface area contributed by atoms with Crippen LogP contribution in [-0.4, -0.2) is 118 Å². The van der Waals surface area contributed by atoms with Crippen molar-refractivity contribution in [2.45, 2.75) is 206 Å². The highest BCUT2D eigenvalue weighted by Crippen LogP contribution is 2.53. The van der Waals surface area contributed by atoms with Gasteiger partial charge in [-0.05, 0) is 214 Å². The van der Waals surface area contributed by atoms with Gasteiger partial charge in [-0.25, -0.2) is 13.4 Å². The SMILES string of the molecule is CCCCCCOC(C)c1c(C)c2cc3nc(c4c5[nH]c(cc6nc(cc1[nH]2)C(C)=C6CC)c(C)c5C(=O)C4)[C@@H](CCC(=O)NCCNC(=O)c1cccc(SC2=C(/C=C/C4=[N+](CCCCS(=O)(=O)[O-])c5ccc6ccccc6c5C4(C)C)CCC/C2=C\C=C2\N(CCCCS(=O)(=O)O)c4ccc5ccccc5c4C2(C)C)c1)[C@@H]3C. The molecule has 8 aromatic rings. The van der Waals surface area contributed by atoms with E-state index < -0.39 is 36.8 Å². The van der Waals surface area contributed by atoms with Crippen molar-refractivity contribution < 1.29 is 49.6 Å². The quantitative estimate of drug-likeness (QED) is 0.0159. The topological polar surface area (TPSA) is 260 Å². The summed E-state index contributed by atoms with van der Waals surface area (Å²) in [4.78, 5) is 65.2. The van der Waals surface area contributed by atoms with Gasteiger partial charge in [0.15, 0.2) is 11.5 Å². The molecule has 2 amide bonds. The zero-order valence-corrected chi connectivity index (χ0v) is 70.7. The number of Topliss-reactive ketones (excluding diaryl/α,β-unsaturated/α-hetero) is 1. The van der Waals surface area contributed by atoms with Gasteiger partial charge in [-0.1, -0.05) is 138 Å². The first-order valence-electron chi connectivity index (χ1n) is 41.2. The first-order chi connectivity index (χ1) is 55.0. The molecular weight excluding hydrogens is 1500 g/mol. The van der Waals surface area contributed by atoms with E-state index in [1.165, 1.54) is 17.5 Å². The maximum atomic E-state index is 14.4. The van der Waals surface area contributed by atoms with Crippen molar-refractivity contribution in [1.29, 1.82) is 0 Å². The van der Waals surface area contributed by atoms with Gasteiger partial charge in [0.05, 0.1) is 50.0 Å². The number of aryl methyl sites for hydroxylation is 2. The number of hydrogen-bond donors (Lipinski definition) is 5. The number of nitrogens with one attached hydrogen (secondary N) is 4. The first-order valence-corrected chi connectivity index (χ1v) is 45.2. The number of allylic oxidation sites excluding steroid dienone is 9. The summed E-state index contributed by atoms with van der Waals surface area (Å²) in [6.07, 6.45) is 18.7. The van der Waals surface area contributed by atoms with Crippen LogP contribution in [0.25, 0.3) is 54.8 Å². The number of nitrogens with zero attached hydrogens (tertiary/aromatic N) is 4. The fourth-order valence-corrected chi connectivity index (χ4v) is 20.9. The van der Waals surface area contributed by atoms with Gasteiger partial charge >= 0.3 is 0 Å². The molecule has 8 bridgehead atoms. The van der Waals surface area contributed by atoms with Gasteiger partial charge in [-0.3, -0.25) is 23.9 Å². The maximum Gasteiger partial charge on any atom is 0.264 e. The Bertz CT molecular complexity index is 5850. The summed E-state index contributed by atoms with van der Waals surface area (Å²) < 4.78 is 78.1. The van der Waals surface area contributed by atoms with E-state index in [1.807, 2.05) is 37.3 Å². The van der Waals surface area contributed by atoms with Crippen LogP contribution in [0, 0.1) is 13.8 Å². The molecule has 3 aromatic heterocycles. The highest BCUT2D eigenvalue weighted by atomic mass is 32.2. The van der Waals surface area contributed by atoms with Crippen LogP contribution in [0.1, 0.15) is 247 Å². The molecule has 602 valence electrons. The predicted molar refractivity (Wildman–Crippen MR) is 465 cm³/mol. The van der Waals surface area contributed by atoms with Crippen molar-refractivity contribution in [2.24, 2.45) is 0 Å². The number of anilines is 1. The van der Waals surface area contributed by atoms with Crippen LogP contribution < -0.4 is 15.5 Å². The number of H-pyrrole nitrogens is 2. The summed E-state index contributed by atoms with van der Waals surface area (Å²) in [6.45, 7) is 26.0. The third kappa shape index (κ3) is 17.1. The van der Waals surface area contributed by atoms with Gasteiger partial charge in [0.2, 0.25) is 11.6 Å². The summed E-state index contributed by atoms with van der Waals surface area (Å²) in [6, 6.07) is 39.4. The smallest absolute Gasteiger partial charge is 0.264 e. The van der Waals surface area contributed by atoms with Crippen LogP contribution in [0.15, 0.2) is 166 Å². The molecule has 21 heteroatoms. The number of aromatic nitrogens is 4. The van der Waals surface area contributed by atoms with E-state index in [9.17, 15) is 40.3 Å². The zero-order chi connectivity index (χ0) is 81.4. The van der Waals surface area contributed by atoms with Gasteiger partial charge in [0, 0.05) is 152 Å². The number of carbonyl (C=O) groups is 3. The number of aromatic amines is 2. The predicted octanol–water partition coefficient (Wildman–Crippen LogP) is 20.0. The van der Waals surface area contributed by atoms with Crippen molar-refractivity contribution in [3.8, 4) is 0 Å². The number of ether oxygens (including phenoxy) is 1. The second-order valence-corrected chi connectivity index (χ2v) is 37.1. The number of fused-ring (bicyclic) bond motifs is 14. The summed E-state index contributed by atoms with van der Waals surface area (Å²) in [5, 5.41) is 10.7. The number of unbranched alkanes of at least 4 members (excludes halogenated alkanes) is 5. The molecular formula is C94H108N8O10S3. The third-order valence-corrected chi connectivity index (χ3v) is 27.4. The molecule has 2 aliphatic carbocycles. The number of amides is 2. The number of hydrogen-bond acceptors (Lipinski definition) is 13. The summed E-state index contributed by atoms with van der Waals surface area (Å²) in [5.74, 6) is -1.48. The van der Waals surface area contributed by atoms with E-state index in [0.29, 0.717) is 56.5 Å². The molecule has 18 nitrogen and oxygen atoms in total. The van der Waals surface area contributed by atoms with Crippen LogP contribution in [0.3, 0.4) is 0 Å². The van der Waals surface area contributed by atoms with Crippen LogP contribution in [0.2, 0.25) is 0 Å². The van der Waals surface area contributed by atoms with Crippen LogP contribution in [0.5, 0.6) is 0 Å². The fourth-order valence-electron chi connectivity index (χ4n) is 18.6. The molecule has 3 atom stereocenters. The molecule has 0 spiro atoms. The normalized spacial score (nSPS) is 18.2. The maximum absolute atomic E-state index is 14.4. The molecule has 7 heterocycles. The summed E-state index contributed by atoms with van der Waals surface area (Å²) in [7, 11) is -8.55. The van der Waals surface area contributed by atoms with Gasteiger partial charge in [0.1, 0.15) is 6.54 Å². The minimum absolute atomic E-state index is 0.0377. The summed E-state index contributed by atoms with van der Waals surface area (Å²) in [5.41, 5.74) is 22.0. The Morgan fingerprint density at radius 3 is 2.23 bits per heavy atom. The van der Waals surface area contributed by atoms with Crippen molar-refractivity contribution in [3.63, 3.8) is 0 Å². The monoisotopic (exact) mass is 1600 g/mol. The van der Waals surface area contributed by atoms with Gasteiger partial charge in [-0.15, -0.1) is 0 Å².